The highest BCUT2D eigenvalue weighted by atomic mass is 35.5. The quantitative estimate of drug-likeness (QED) is 0.192. The number of aromatic nitrogens is 2. The second-order valence-electron chi connectivity index (χ2n) is 9.72. The van der Waals surface area contributed by atoms with Crippen molar-refractivity contribution >= 4 is 45.6 Å². The Labute approximate surface area is 243 Å². The molecule has 41 heavy (non-hydrogen) atoms. The highest BCUT2D eigenvalue weighted by molar-refractivity contribution is 6.32. The Morgan fingerprint density at radius 2 is 1.90 bits per heavy atom. The Bertz CT molecular complexity index is 1540. The molecule has 3 aromatic carbocycles. The van der Waals surface area contributed by atoms with Gasteiger partial charge in [0.1, 0.15) is 42.7 Å². The smallest absolute Gasteiger partial charge is 0.247 e. The molecule has 0 radical (unpaired) electrons. The molecule has 1 saturated heterocycles. The van der Waals surface area contributed by atoms with Crippen molar-refractivity contribution in [3.63, 3.8) is 0 Å². The van der Waals surface area contributed by atoms with E-state index < -0.39 is 0 Å². The molecule has 1 fully saturated rings. The van der Waals surface area contributed by atoms with Crippen molar-refractivity contribution in [2.45, 2.75) is 25.9 Å². The first-order valence-corrected chi connectivity index (χ1v) is 13.9. The fraction of sp³-hybridized carbons (Fsp3) is 0.258. The van der Waals surface area contributed by atoms with Crippen LogP contribution in [-0.2, 0) is 11.4 Å². The van der Waals surface area contributed by atoms with E-state index in [1.165, 1.54) is 43.8 Å². The van der Waals surface area contributed by atoms with Crippen LogP contribution in [0.3, 0.4) is 0 Å². The van der Waals surface area contributed by atoms with E-state index >= 15 is 0 Å². The molecule has 2 N–H and O–H groups in total. The van der Waals surface area contributed by atoms with E-state index in [1.807, 2.05) is 0 Å². The molecular formula is C31H31ClFN5O3. The number of benzene rings is 3. The number of hydrogen-bond donors (Lipinski definition) is 2. The lowest BCUT2D eigenvalue weighted by Gasteiger charge is -2.26. The van der Waals surface area contributed by atoms with Crippen molar-refractivity contribution in [1.29, 1.82) is 0 Å². The fourth-order valence-electron chi connectivity index (χ4n) is 4.67. The molecule has 212 valence electrons. The van der Waals surface area contributed by atoms with Crippen LogP contribution < -0.4 is 20.1 Å². The van der Waals surface area contributed by atoms with Crippen LogP contribution in [0.15, 0.2) is 73.6 Å². The minimum atomic E-state index is -0.350. The summed E-state index contributed by atoms with van der Waals surface area (Å²) in [5.74, 6) is 0.842. The summed E-state index contributed by atoms with van der Waals surface area (Å²) in [7, 11) is 0. The van der Waals surface area contributed by atoms with Gasteiger partial charge in [0, 0.05) is 23.7 Å². The largest absolute Gasteiger partial charge is 0.490 e. The van der Waals surface area contributed by atoms with Crippen molar-refractivity contribution in [3.05, 3.63) is 90.0 Å². The maximum absolute atomic E-state index is 13.5. The van der Waals surface area contributed by atoms with Crippen molar-refractivity contribution in [2.75, 3.05) is 36.9 Å². The van der Waals surface area contributed by atoms with Gasteiger partial charge in [0.25, 0.3) is 0 Å². The summed E-state index contributed by atoms with van der Waals surface area (Å²) in [6, 6.07) is 15.1. The Kier molecular flexibility index (Phi) is 9.28. The third-order valence-corrected chi connectivity index (χ3v) is 7.07. The van der Waals surface area contributed by atoms with Crippen molar-refractivity contribution < 1.29 is 18.7 Å². The zero-order chi connectivity index (χ0) is 28.6. The van der Waals surface area contributed by atoms with Crippen LogP contribution in [0.2, 0.25) is 5.02 Å². The molecule has 0 atom stereocenters. The Balaban J connectivity index is 1.33. The number of halogens is 2. The SMILES string of the molecule is C=CC(=O)Nc1cc2c(Nc3ccc(OCc4cccc(F)c4)c(Cl)c3)ncnc2cc1OCCN1CCCCC1. The lowest BCUT2D eigenvalue weighted by Crippen LogP contribution is -2.33. The summed E-state index contributed by atoms with van der Waals surface area (Å²) in [6.45, 7) is 7.20. The molecule has 0 unspecified atom stereocenters. The van der Waals surface area contributed by atoms with E-state index in [-0.39, 0.29) is 18.3 Å². The van der Waals surface area contributed by atoms with Crippen LogP contribution in [-0.4, -0.2) is 47.0 Å². The number of nitrogens with zero attached hydrogens (tertiary/aromatic N) is 3. The molecule has 0 spiro atoms. The third kappa shape index (κ3) is 7.50. The zero-order valence-electron chi connectivity index (χ0n) is 22.5. The summed E-state index contributed by atoms with van der Waals surface area (Å²) < 4.78 is 25.4. The molecule has 2 heterocycles. The minimum Gasteiger partial charge on any atom is -0.490 e. The highest BCUT2D eigenvalue weighted by Crippen LogP contribution is 2.35. The van der Waals surface area contributed by atoms with Gasteiger partial charge in [-0.05, 0) is 74.0 Å². The predicted octanol–water partition coefficient (Wildman–Crippen LogP) is 6.73. The molecule has 10 heteroatoms. The normalized spacial score (nSPS) is 13.5. The van der Waals surface area contributed by atoms with E-state index in [0.717, 1.165) is 19.6 Å². The van der Waals surface area contributed by atoms with Crippen LogP contribution in [0.5, 0.6) is 11.5 Å². The summed E-state index contributed by atoms with van der Waals surface area (Å²) in [5.41, 5.74) is 2.52. The van der Waals surface area contributed by atoms with Crippen molar-refractivity contribution in [2.24, 2.45) is 0 Å². The van der Waals surface area contributed by atoms with Crippen molar-refractivity contribution in [1.82, 2.24) is 14.9 Å². The number of carbonyl (C=O) groups is 1. The van der Waals surface area contributed by atoms with Crippen LogP contribution in [0, 0.1) is 5.82 Å². The number of nitrogens with one attached hydrogen (secondary N) is 2. The predicted molar refractivity (Wildman–Crippen MR) is 160 cm³/mol. The van der Waals surface area contributed by atoms with Crippen LogP contribution >= 0.6 is 11.6 Å². The topological polar surface area (TPSA) is 88.6 Å². The number of likely N-dealkylation sites (tertiary alicyclic amines) is 1. The minimum absolute atomic E-state index is 0.183. The number of rotatable bonds is 11. The van der Waals surface area contributed by atoms with Gasteiger partial charge in [-0.2, -0.15) is 0 Å². The van der Waals surface area contributed by atoms with E-state index in [0.29, 0.717) is 56.8 Å². The number of hydrogen-bond acceptors (Lipinski definition) is 7. The number of piperidine rings is 1. The summed E-state index contributed by atoms with van der Waals surface area (Å²) >= 11 is 6.49. The highest BCUT2D eigenvalue weighted by Gasteiger charge is 2.15. The van der Waals surface area contributed by atoms with Gasteiger partial charge in [-0.3, -0.25) is 9.69 Å². The van der Waals surface area contributed by atoms with Gasteiger partial charge in [0.05, 0.1) is 16.2 Å². The Morgan fingerprint density at radius 1 is 1.05 bits per heavy atom. The molecule has 0 aliphatic carbocycles. The second kappa shape index (κ2) is 13.4. The number of anilines is 3. The van der Waals surface area contributed by atoms with E-state index in [2.05, 4.69) is 32.1 Å². The van der Waals surface area contributed by atoms with Gasteiger partial charge in [0.2, 0.25) is 5.91 Å². The Morgan fingerprint density at radius 3 is 2.68 bits per heavy atom. The molecule has 5 rings (SSSR count). The molecule has 0 saturated carbocycles. The van der Waals surface area contributed by atoms with Gasteiger partial charge >= 0.3 is 0 Å². The third-order valence-electron chi connectivity index (χ3n) is 6.77. The van der Waals surface area contributed by atoms with Gasteiger partial charge in [0.15, 0.2) is 0 Å². The number of carbonyl (C=O) groups excluding carboxylic acids is 1. The van der Waals surface area contributed by atoms with E-state index in [4.69, 9.17) is 21.1 Å². The number of fused-ring (bicyclic) bond motifs is 1. The monoisotopic (exact) mass is 575 g/mol. The molecule has 1 aliphatic heterocycles. The van der Waals surface area contributed by atoms with E-state index in [9.17, 15) is 9.18 Å². The number of ether oxygens (including phenoxy) is 2. The standard InChI is InChI=1S/C31H31ClFN5O3/c1-2-30(39)37-27-17-24-26(18-29(27)40-14-13-38-11-4-3-5-12-38)34-20-35-31(24)36-23-9-10-28(25(32)16-23)41-19-21-7-6-8-22(33)15-21/h2,6-10,15-18,20H,1,3-5,11-14,19H2,(H,37,39)(H,34,35,36). The van der Waals surface area contributed by atoms with Crippen molar-refractivity contribution in [3.8, 4) is 11.5 Å². The maximum Gasteiger partial charge on any atom is 0.247 e. The van der Waals surface area contributed by atoms with Crippen LogP contribution in [0.4, 0.5) is 21.6 Å². The second-order valence-corrected chi connectivity index (χ2v) is 10.1. The first-order chi connectivity index (χ1) is 20.0. The summed E-state index contributed by atoms with van der Waals surface area (Å²) in [6.07, 6.45) is 6.36. The lowest BCUT2D eigenvalue weighted by atomic mass is 10.1. The van der Waals surface area contributed by atoms with Gasteiger partial charge < -0.3 is 20.1 Å². The molecule has 1 aromatic heterocycles. The first kappa shape index (κ1) is 28.3. The summed E-state index contributed by atoms with van der Waals surface area (Å²) in [5, 5.41) is 7.18. The fourth-order valence-corrected chi connectivity index (χ4v) is 4.91. The maximum atomic E-state index is 13.5. The Hall–Kier alpha value is -4.21. The summed E-state index contributed by atoms with van der Waals surface area (Å²) in [4.78, 5) is 23.4. The first-order valence-electron chi connectivity index (χ1n) is 13.5. The van der Waals surface area contributed by atoms with E-state index in [1.54, 1.807) is 42.5 Å². The van der Waals surface area contributed by atoms with Crippen LogP contribution in [0.25, 0.3) is 10.9 Å². The number of amides is 1. The van der Waals surface area contributed by atoms with Gasteiger partial charge in [-0.1, -0.05) is 36.7 Å². The lowest BCUT2D eigenvalue weighted by molar-refractivity contribution is -0.111. The zero-order valence-corrected chi connectivity index (χ0v) is 23.3. The molecule has 1 amide bonds. The molecule has 4 aromatic rings. The molecule has 0 bridgehead atoms. The molecular weight excluding hydrogens is 545 g/mol. The van der Waals surface area contributed by atoms with Crippen LogP contribution in [0.1, 0.15) is 24.8 Å². The average molecular weight is 576 g/mol. The molecule has 1 aliphatic rings. The average Bonchev–Trinajstić information content (AvgIpc) is 2.98. The van der Waals surface area contributed by atoms with Gasteiger partial charge in [-0.15, -0.1) is 0 Å². The van der Waals surface area contributed by atoms with Gasteiger partial charge in [-0.25, -0.2) is 14.4 Å². The molecule has 8 nitrogen and oxygen atoms in total.